The molecule has 1 saturated heterocycles. The van der Waals surface area contributed by atoms with Crippen LogP contribution in [0.5, 0.6) is 0 Å². The van der Waals surface area contributed by atoms with E-state index >= 15 is 0 Å². The van der Waals surface area contributed by atoms with Crippen molar-refractivity contribution < 1.29 is 22.7 Å². The highest BCUT2D eigenvalue weighted by Gasteiger charge is 2.34. The fourth-order valence-corrected chi connectivity index (χ4v) is 7.54. The molecule has 1 atom stereocenters. The molecule has 0 aliphatic carbocycles. The molecule has 8 nitrogen and oxygen atoms in total. The first-order valence-corrected chi connectivity index (χ1v) is 15.1. The van der Waals surface area contributed by atoms with Crippen LogP contribution >= 0.6 is 22.9 Å². The van der Waals surface area contributed by atoms with E-state index in [4.69, 9.17) is 16.3 Å². The molecule has 2 amide bonds. The predicted molar refractivity (Wildman–Crippen MR) is 148 cm³/mol. The molecule has 5 rings (SSSR count). The summed E-state index contributed by atoms with van der Waals surface area (Å²) in [6, 6.07) is 11.9. The fraction of sp³-hybridized carbons (Fsp3) is 0.407. The topological polar surface area (TPSA) is 96.0 Å². The molecule has 202 valence electrons. The summed E-state index contributed by atoms with van der Waals surface area (Å²) in [6.45, 7) is 6.99. The summed E-state index contributed by atoms with van der Waals surface area (Å²) in [5.74, 6) is -0.222. The number of amides is 2. The van der Waals surface area contributed by atoms with Gasteiger partial charge in [0.05, 0.1) is 16.3 Å². The average Bonchev–Trinajstić information content (AvgIpc) is 3.49. The number of sulfonamides is 1. The molecule has 1 aromatic heterocycles. The summed E-state index contributed by atoms with van der Waals surface area (Å²) < 4.78 is 33.5. The van der Waals surface area contributed by atoms with Crippen molar-refractivity contribution in [1.82, 2.24) is 14.5 Å². The van der Waals surface area contributed by atoms with Crippen LogP contribution in [-0.4, -0.2) is 60.9 Å². The van der Waals surface area contributed by atoms with E-state index < -0.39 is 15.6 Å². The van der Waals surface area contributed by atoms with Gasteiger partial charge in [-0.1, -0.05) is 23.7 Å². The summed E-state index contributed by atoms with van der Waals surface area (Å²) in [4.78, 5) is 29.0. The molecule has 2 aliphatic rings. The average molecular weight is 576 g/mol. The largest absolute Gasteiger partial charge is 0.444 e. The maximum absolute atomic E-state index is 13.3. The van der Waals surface area contributed by atoms with Crippen LogP contribution in [0.2, 0.25) is 5.02 Å². The lowest BCUT2D eigenvalue weighted by Gasteiger charge is -2.29. The van der Waals surface area contributed by atoms with E-state index in [2.05, 4.69) is 5.32 Å². The Morgan fingerprint density at radius 3 is 2.58 bits per heavy atom. The van der Waals surface area contributed by atoms with Crippen molar-refractivity contribution in [3.63, 3.8) is 0 Å². The Hall–Kier alpha value is -2.66. The minimum Gasteiger partial charge on any atom is -0.444 e. The molecule has 0 saturated carbocycles. The third-order valence-corrected chi connectivity index (χ3v) is 9.97. The van der Waals surface area contributed by atoms with Crippen LogP contribution in [0.25, 0.3) is 10.8 Å². The first kappa shape index (κ1) is 26.9. The normalized spacial score (nSPS) is 18.4. The van der Waals surface area contributed by atoms with Crippen LogP contribution < -0.4 is 5.32 Å². The number of nitrogens with zero attached hydrogens (tertiary/aromatic N) is 2. The maximum atomic E-state index is 13.3. The summed E-state index contributed by atoms with van der Waals surface area (Å²) in [6.07, 6.45) is 0.842. The van der Waals surface area contributed by atoms with Gasteiger partial charge in [0.15, 0.2) is 0 Å². The first-order chi connectivity index (χ1) is 17.9. The standard InChI is InChI=1S/C27H30ClN3O5S2/c1-27(2,3)36-26(33)30-10-9-23-19(15-30)14-24(37-23)25(32)29-21-8-11-31(16-21)38(34,35)22-7-5-17-12-20(28)6-4-18(17)13-22/h4-7,12-14,21H,8-11,15-16H2,1-3H3,(H,29,32). The highest BCUT2D eigenvalue weighted by atomic mass is 35.5. The van der Waals surface area contributed by atoms with Crippen molar-refractivity contribution in [3.05, 3.63) is 62.8 Å². The molecule has 38 heavy (non-hydrogen) atoms. The van der Waals surface area contributed by atoms with Crippen molar-refractivity contribution in [3.8, 4) is 0 Å². The third-order valence-electron chi connectivity index (χ3n) is 6.64. The van der Waals surface area contributed by atoms with Crippen molar-refractivity contribution in [2.24, 2.45) is 0 Å². The Kier molecular flexibility index (Phi) is 7.19. The van der Waals surface area contributed by atoms with Crippen LogP contribution in [0.4, 0.5) is 4.79 Å². The summed E-state index contributed by atoms with van der Waals surface area (Å²) >= 11 is 7.47. The van der Waals surface area contributed by atoms with Crippen LogP contribution in [0.1, 0.15) is 47.3 Å². The van der Waals surface area contributed by atoms with Crippen molar-refractivity contribution in [2.75, 3.05) is 19.6 Å². The quantitative estimate of drug-likeness (QED) is 0.470. The van der Waals surface area contributed by atoms with Gasteiger partial charge in [0.1, 0.15) is 5.60 Å². The van der Waals surface area contributed by atoms with Crippen LogP contribution in [0.15, 0.2) is 47.4 Å². The maximum Gasteiger partial charge on any atom is 0.410 e. The monoisotopic (exact) mass is 575 g/mol. The van der Waals surface area contributed by atoms with E-state index in [0.29, 0.717) is 42.4 Å². The van der Waals surface area contributed by atoms with E-state index in [1.54, 1.807) is 41.3 Å². The van der Waals surface area contributed by atoms with Gasteiger partial charge in [-0.25, -0.2) is 13.2 Å². The molecule has 1 unspecified atom stereocenters. The Morgan fingerprint density at radius 1 is 1.08 bits per heavy atom. The number of carbonyl (C=O) groups excluding carboxylic acids is 2. The smallest absolute Gasteiger partial charge is 0.410 e. The zero-order valence-electron chi connectivity index (χ0n) is 21.5. The molecule has 0 spiro atoms. The Bertz CT molecular complexity index is 1510. The van der Waals surface area contributed by atoms with Gasteiger partial charge in [-0.05, 0) is 80.3 Å². The lowest BCUT2D eigenvalue weighted by Crippen LogP contribution is -2.39. The molecule has 3 heterocycles. The zero-order chi connectivity index (χ0) is 27.2. The lowest BCUT2D eigenvalue weighted by atomic mass is 10.1. The second kappa shape index (κ2) is 10.1. The highest BCUT2D eigenvalue weighted by molar-refractivity contribution is 7.89. The number of halogens is 1. The van der Waals surface area contributed by atoms with Crippen molar-refractivity contribution >= 4 is 55.7 Å². The van der Waals surface area contributed by atoms with Gasteiger partial charge in [0.25, 0.3) is 5.91 Å². The van der Waals surface area contributed by atoms with E-state index in [9.17, 15) is 18.0 Å². The molecule has 2 aromatic carbocycles. The first-order valence-electron chi connectivity index (χ1n) is 12.5. The molecule has 1 N–H and O–H groups in total. The SMILES string of the molecule is CC(C)(C)OC(=O)N1CCc2sc(C(=O)NC3CCN(S(=O)(=O)c4ccc5cc(Cl)ccc5c4)C3)cc2C1. The summed E-state index contributed by atoms with van der Waals surface area (Å²) in [5, 5.41) is 5.27. The van der Waals surface area contributed by atoms with Crippen LogP contribution in [0, 0.1) is 0 Å². The van der Waals surface area contributed by atoms with E-state index in [1.807, 2.05) is 26.8 Å². The van der Waals surface area contributed by atoms with Gasteiger partial charge in [-0.2, -0.15) is 4.31 Å². The molecule has 0 radical (unpaired) electrons. The number of hydrogen-bond donors (Lipinski definition) is 1. The third kappa shape index (κ3) is 5.68. The number of rotatable bonds is 4. The van der Waals surface area contributed by atoms with E-state index in [1.165, 1.54) is 15.6 Å². The van der Waals surface area contributed by atoms with Gasteiger partial charge in [-0.3, -0.25) is 4.79 Å². The minimum atomic E-state index is -3.70. The second-order valence-corrected chi connectivity index (χ2v) is 14.2. The Balaban J connectivity index is 1.22. The lowest BCUT2D eigenvalue weighted by molar-refractivity contribution is 0.0225. The molecular weight excluding hydrogens is 546 g/mol. The number of carbonyl (C=O) groups is 2. The molecular formula is C27H30ClN3O5S2. The van der Waals surface area contributed by atoms with Gasteiger partial charge in [0.2, 0.25) is 10.0 Å². The van der Waals surface area contributed by atoms with E-state index in [-0.39, 0.29) is 29.5 Å². The number of thiophene rings is 1. The van der Waals surface area contributed by atoms with Gasteiger partial charge < -0.3 is 15.0 Å². The fourth-order valence-electron chi connectivity index (χ4n) is 4.75. The summed E-state index contributed by atoms with van der Waals surface area (Å²) in [5.41, 5.74) is 0.382. The molecule has 0 bridgehead atoms. The highest BCUT2D eigenvalue weighted by Crippen LogP contribution is 2.30. The second-order valence-electron chi connectivity index (χ2n) is 10.7. The number of nitrogens with one attached hydrogen (secondary N) is 1. The predicted octanol–water partition coefficient (Wildman–Crippen LogP) is 5.04. The molecule has 1 fully saturated rings. The number of hydrogen-bond acceptors (Lipinski definition) is 6. The number of ether oxygens (including phenoxy) is 1. The molecule has 2 aliphatic heterocycles. The van der Waals surface area contributed by atoms with Crippen LogP contribution in [-0.2, 0) is 27.7 Å². The van der Waals surface area contributed by atoms with Gasteiger partial charge in [0, 0.05) is 35.6 Å². The number of benzene rings is 2. The van der Waals surface area contributed by atoms with Crippen molar-refractivity contribution in [2.45, 2.75) is 56.7 Å². The molecule has 11 heteroatoms. The summed E-state index contributed by atoms with van der Waals surface area (Å²) in [7, 11) is -3.70. The van der Waals surface area contributed by atoms with Gasteiger partial charge >= 0.3 is 6.09 Å². The van der Waals surface area contributed by atoms with Gasteiger partial charge in [-0.15, -0.1) is 11.3 Å². The Morgan fingerprint density at radius 2 is 1.82 bits per heavy atom. The van der Waals surface area contributed by atoms with Crippen molar-refractivity contribution in [1.29, 1.82) is 0 Å². The molecule has 3 aromatic rings. The number of fused-ring (bicyclic) bond motifs is 2. The zero-order valence-corrected chi connectivity index (χ0v) is 23.9. The minimum absolute atomic E-state index is 0.213. The van der Waals surface area contributed by atoms with E-state index in [0.717, 1.165) is 21.2 Å². The van der Waals surface area contributed by atoms with Crippen LogP contribution in [0.3, 0.4) is 0 Å². The Labute approximate surface area is 231 Å².